The molecule has 0 aliphatic carbocycles. The first-order valence-electron chi connectivity index (χ1n) is 5.83. The van der Waals surface area contributed by atoms with Crippen molar-refractivity contribution in [3.63, 3.8) is 0 Å². The molecule has 20 heavy (non-hydrogen) atoms. The van der Waals surface area contributed by atoms with Crippen LogP contribution in [-0.4, -0.2) is 19.7 Å². The maximum atomic E-state index is 11.9. The number of benzene rings is 1. The van der Waals surface area contributed by atoms with Crippen molar-refractivity contribution < 1.29 is 8.42 Å². The number of hydrogen-bond acceptors (Lipinski definition) is 4. The van der Waals surface area contributed by atoms with Crippen molar-refractivity contribution >= 4 is 38.0 Å². The van der Waals surface area contributed by atoms with Crippen molar-refractivity contribution in [2.75, 3.05) is 4.90 Å². The van der Waals surface area contributed by atoms with Crippen LogP contribution in [0.4, 0.5) is 5.69 Å². The second kappa shape index (κ2) is 4.99. The van der Waals surface area contributed by atoms with Gasteiger partial charge in [0.05, 0.1) is 17.9 Å². The molecule has 0 spiro atoms. The highest BCUT2D eigenvalue weighted by atomic mass is 79.9. The molecule has 2 aromatic rings. The molecule has 2 heterocycles. The molecule has 1 aliphatic heterocycles. The molecular formula is C13H10BrN3O2S. The molecule has 102 valence electrons. The number of halogens is 1. The Balaban J connectivity index is 1.98. The lowest BCUT2D eigenvalue weighted by atomic mass is 10.2. The van der Waals surface area contributed by atoms with Crippen LogP contribution in [0.2, 0.25) is 0 Å². The molecule has 0 atom stereocenters. The van der Waals surface area contributed by atoms with Crippen molar-refractivity contribution in [1.82, 2.24) is 4.98 Å². The average Bonchev–Trinajstić information content (AvgIpc) is 2.45. The third kappa shape index (κ3) is 2.46. The summed E-state index contributed by atoms with van der Waals surface area (Å²) >= 11 is 3.33. The largest absolute Gasteiger partial charge is 0.324 e. The summed E-state index contributed by atoms with van der Waals surface area (Å²) in [5.41, 5.74) is 1.45. The van der Waals surface area contributed by atoms with Crippen LogP contribution in [0.1, 0.15) is 5.69 Å². The molecule has 0 fully saturated rings. The monoisotopic (exact) mass is 351 g/mol. The van der Waals surface area contributed by atoms with Crippen LogP contribution in [0.15, 0.2) is 56.4 Å². The van der Waals surface area contributed by atoms with Crippen LogP contribution < -0.4 is 4.90 Å². The summed E-state index contributed by atoms with van der Waals surface area (Å²) in [4.78, 5) is 6.27. The van der Waals surface area contributed by atoms with Gasteiger partial charge in [0.2, 0.25) is 0 Å². The number of aromatic nitrogens is 1. The molecule has 5 nitrogen and oxygen atoms in total. The van der Waals surface area contributed by atoms with E-state index in [4.69, 9.17) is 0 Å². The number of anilines is 1. The summed E-state index contributed by atoms with van der Waals surface area (Å²) in [5.74, 6) is 0. The van der Waals surface area contributed by atoms with Gasteiger partial charge in [0.15, 0.2) is 0 Å². The van der Waals surface area contributed by atoms with E-state index in [1.54, 1.807) is 35.4 Å². The molecule has 0 N–H and O–H groups in total. The van der Waals surface area contributed by atoms with Gasteiger partial charge in [-0.05, 0) is 40.2 Å². The van der Waals surface area contributed by atoms with Crippen LogP contribution in [0.3, 0.4) is 0 Å². The van der Waals surface area contributed by atoms with E-state index in [2.05, 4.69) is 25.3 Å². The zero-order valence-electron chi connectivity index (χ0n) is 10.3. The van der Waals surface area contributed by atoms with E-state index in [1.165, 1.54) is 6.34 Å². The average molecular weight is 352 g/mol. The van der Waals surface area contributed by atoms with E-state index in [0.717, 1.165) is 10.2 Å². The SMILES string of the molecule is O=S1(=O)N=CN(Cc2ccc(Br)cn2)c2ccccc21. The summed E-state index contributed by atoms with van der Waals surface area (Å²) in [7, 11) is -3.57. The van der Waals surface area contributed by atoms with Crippen LogP contribution in [0.5, 0.6) is 0 Å². The fraction of sp³-hybridized carbons (Fsp3) is 0.0769. The highest BCUT2D eigenvalue weighted by molar-refractivity contribution is 9.10. The molecule has 3 rings (SSSR count). The summed E-state index contributed by atoms with van der Waals surface area (Å²) in [6.45, 7) is 0.462. The Bertz CT molecular complexity index is 772. The molecule has 0 saturated heterocycles. The number of hydrogen-bond donors (Lipinski definition) is 0. The fourth-order valence-corrected chi connectivity index (χ4v) is 3.24. The van der Waals surface area contributed by atoms with Gasteiger partial charge < -0.3 is 4.90 Å². The maximum absolute atomic E-state index is 11.9. The minimum Gasteiger partial charge on any atom is -0.324 e. The second-order valence-electron chi connectivity index (χ2n) is 4.26. The molecule has 0 amide bonds. The third-order valence-corrected chi connectivity index (χ3v) is 4.64. The third-order valence-electron chi connectivity index (χ3n) is 2.90. The Morgan fingerprint density at radius 3 is 2.70 bits per heavy atom. The Morgan fingerprint density at radius 2 is 1.95 bits per heavy atom. The Labute approximate surface area is 125 Å². The topological polar surface area (TPSA) is 62.6 Å². The maximum Gasteiger partial charge on any atom is 0.285 e. The standard InChI is InChI=1S/C13H10BrN3O2S/c14-10-5-6-11(15-7-10)8-17-9-16-20(18,19)13-4-2-1-3-12(13)17/h1-7,9H,8H2. The smallest absolute Gasteiger partial charge is 0.285 e. The zero-order valence-corrected chi connectivity index (χ0v) is 12.7. The second-order valence-corrected chi connectivity index (χ2v) is 6.78. The molecule has 0 bridgehead atoms. The van der Waals surface area contributed by atoms with Gasteiger partial charge in [0.1, 0.15) is 11.2 Å². The van der Waals surface area contributed by atoms with Crippen LogP contribution in [0.25, 0.3) is 0 Å². The minimum atomic E-state index is -3.57. The Morgan fingerprint density at radius 1 is 1.15 bits per heavy atom. The van der Waals surface area contributed by atoms with Crippen LogP contribution in [-0.2, 0) is 16.6 Å². The van der Waals surface area contributed by atoms with Crippen molar-refractivity contribution in [3.8, 4) is 0 Å². The van der Waals surface area contributed by atoms with Gasteiger partial charge in [-0.15, -0.1) is 4.40 Å². The van der Waals surface area contributed by atoms with E-state index in [-0.39, 0.29) is 4.90 Å². The molecule has 0 radical (unpaired) electrons. The normalized spacial score (nSPS) is 15.9. The number of pyridine rings is 1. The van der Waals surface area contributed by atoms with E-state index in [0.29, 0.717) is 12.2 Å². The molecule has 0 saturated carbocycles. The van der Waals surface area contributed by atoms with Crippen molar-refractivity contribution in [2.24, 2.45) is 4.40 Å². The van der Waals surface area contributed by atoms with E-state index in [1.807, 2.05) is 12.1 Å². The molecular weight excluding hydrogens is 342 g/mol. The van der Waals surface area contributed by atoms with Gasteiger partial charge in [-0.25, -0.2) is 0 Å². The lowest BCUT2D eigenvalue weighted by Gasteiger charge is -2.24. The number of nitrogens with zero attached hydrogens (tertiary/aromatic N) is 3. The highest BCUT2D eigenvalue weighted by Gasteiger charge is 2.24. The van der Waals surface area contributed by atoms with Crippen LogP contribution >= 0.6 is 15.9 Å². The molecule has 7 heteroatoms. The van der Waals surface area contributed by atoms with Gasteiger partial charge >= 0.3 is 0 Å². The predicted octanol–water partition coefficient (Wildman–Crippen LogP) is 2.58. The lowest BCUT2D eigenvalue weighted by Crippen LogP contribution is -2.27. The van der Waals surface area contributed by atoms with Crippen LogP contribution in [0, 0.1) is 0 Å². The summed E-state index contributed by atoms with van der Waals surface area (Å²) in [6, 6.07) is 10.6. The first kappa shape index (κ1) is 13.3. The minimum absolute atomic E-state index is 0.222. The summed E-state index contributed by atoms with van der Waals surface area (Å²) in [6.07, 6.45) is 3.04. The van der Waals surface area contributed by atoms with Gasteiger partial charge in [0, 0.05) is 10.7 Å². The molecule has 1 aromatic carbocycles. The summed E-state index contributed by atoms with van der Waals surface area (Å²) < 4.78 is 28.3. The quantitative estimate of drug-likeness (QED) is 0.834. The first-order chi connectivity index (χ1) is 9.56. The van der Waals surface area contributed by atoms with Gasteiger partial charge in [-0.1, -0.05) is 12.1 Å². The molecule has 1 aliphatic rings. The summed E-state index contributed by atoms with van der Waals surface area (Å²) in [5, 5.41) is 0. The molecule has 0 unspecified atom stereocenters. The zero-order chi connectivity index (χ0) is 14.2. The predicted molar refractivity (Wildman–Crippen MR) is 80.2 cm³/mol. The molecule has 1 aromatic heterocycles. The van der Waals surface area contributed by atoms with Gasteiger partial charge in [-0.2, -0.15) is 8.42 Å². The van der Waals surface area contributed by atoms with Crippen molar-refractivity contribution in [3.05, 3.63) is 52.8 Å². The fourth-order valence-electron chi connectivity index (χ4n) is 1.95. The number of sulfonamides is 1. The number of para-hydroxylation sites is 1. The van der Waals surface area contributed by atoms with Gasteiger partial charge in [-0.3, -0.25) is 4.98 Å². The lowest BCUT2D eigenvalue weighted by molar-refractivity contribution is 0.597. The van der Waals surface area contributed by atoms with E-state index >= 15 is 0 Å². The van der Waals surface area contributed by atoms with E-state index < -0.39 is 10.0 Å². The number of rotatable bonds is 2. The van der Waals surface area contributed by atoms with E-state index in [9.17, 15) is 8.42 Å². The van der Waals surface area contributed by atoms with Crippen molar-refractivity contribution in [2.45, 2.75) is 11.4 Å². The number of fused-ring (bicyclic) bond motifs is 1. The van der Waals surface area contributed by atoms with Crippen molar-refractivity contribution in [1.29, 1.82) is 0 Å². The first-order valence-corrected chi connectivity index (χ1v) is 8.06. The highest BCUT2D eigenvalue weighted by Crippen LogP contribution is 2.29. The van der Waals surface area contributed by atoms with Gasteiger partial charge in [0.25, 0.3) is 10.0 Å². The Hall–Kier alpha value is -1.73. The Kier molecular flexibility index (Phi) is 3.31.